The Morgan fingerprint density at radius 1 is 1.58 bits per heavy atom. The molecule has 12 heavy (non-hydrogen) atoms. The molecule has 1 rings (SSSR count). The largest absolute Gasteiger partial charge is 0.299 e. The lowest BCUT2D eigenvalue weighted by molar-refractivity contribution is 0.233. The smallest absolute Gasteiger partial charge is 0.0193 e. The molecule has 1 heterocycles. The fourth-order valence-corrected chi connectivity index (χ4v) is 2.57. The molecule has 2 heteroatoms. The maximum absolute atomic E-state index is 3.59. The average molecular weight is 234 g/mol. The van der Waals surface area contributed by atoms with Crippen LogP contribution in [0.15, 0.2) is 0 Å². The van der Waals surface area contributed by atoms with E-state index < -0.39 is 0 Å². The van der Waals surface area contributed by atoms with Crippen molar-refractivity contribution in [3.05, 3.63) is 0 Å². The lowest BCUT2D eigenvalue weighted by atomic mass is 10.1. The minimum Gasteiger partial charge on any atom is -0.299 e. The molecule has 1 aliphatic rings. The number of nitrogens with zero attached hydrogens (tertiary/aromatic N) is 1. The van der Waals surface area contributed by atoms with E-state index in [0.29, 0.717) is 0 Å². The van der Waals surface area contributed by atoms with E-state index in [1.807, 2.05) is 0 Å². The van der Waals surface area contributed by atoms with Gasteiger partial charge in [0.25, 0.3) is 0 Å². The van der Waals surface area contributed by atoms with Gasteiger partial charge in [0.2, 0.25) is 0 Å². The Labute approximate surface area is 84.6 Å². The summed E-state index contributed by atoms with van der Waals surface area (Å²) in [6.45, 7) is 7.25. The summed E-state index contributed by atoms with van der Waals surface area (Å²) in [6, 6.07) is 0.819. The van der Waals surface area contributed by atoms with Crippen molar-refractivity contribution in [3.8, 4) is 0 Å². The highest BCUT2D eigenvalue weighted by Crippen LogP contribution is 2.20. The Morgan fingerprint density at radius 2 is 2.33 bits per heavy atom. The molecule has 0 saturated carbocycles. The molecule has 0 amide bonds. The Morgan fingerprint density at radius 3 is 2.92 bits per heavy atom. The lowest BCUT2D eigenvalue weighted by Gasteiger charge is -2.25. The summed E-state index contributed by atoms with van der Waals surface area (Å²) in [5, 5.41) is 1.16. The molecule has 0 aromatic rings. The minimum absolute atomic E-state index is 0.819. The number of hydrogen-bond donors (Lipinski definition) is 0. The van der Waals surface area contributed by atoms with Crippen LogP contribution in [0, 0.1) is 5.92 Å². The average Bonchev–Trinajstić information content (AvgIpc) is 2.51. The summed E-state index contributed by atoms with van der Waals surface area (Å²) in [5.74, 6) is 0.865. The number of hydrogen-bond acceptors (Lipinski definition) is 1. The topological polar surface area (TPSA) is 3.24 Å². The van der Waals surface area contributed by atoms with E-state index in [0.717, 1.165) is 17.3 Å². The van der Waals surface area contributed by atoms with Crippen molar-refractivity contribution in [1.29, 1.82) is 0 Å². The van der Waals surface area contributed by atoms with Crippen LogP contribution in [-0.4, -0.2) is 29.4 Å². The van der Waals surface area contributed by atoms with Crippen LogP contribution < -0.4 is 0 Å². The molecule has 0 aromatic heterocycles. The third-order valence-electron chi connectivity index (χ3n) is 2.92. The number of halogens is 1. The Hall–Kier alpha value is 0.440. The van der Waals surface area contributed by atoms with E-state index in [2.05, 4.69) is 34.7 Å². The zero-order valence-corrected chi connectivity index (χ0v) is 9.81. The molecule has 1 nitrogen and oxygen atoms in total. The van der Waals surface area contributed by atoms with Crippen LogP contribution in [0.4, 0.5) is 0 Å². The zero-order valence-electron chi connectivity index (χ0n) is 8.22. The molecule has 2 unspecified atom stereocenters. The quantitative estimate of drug-likeness (QED) is 0.676. The summed E-state index contributed by atoms with van der Waals surface area (Å²) in [5.41, 5.74) is 0. The van der Waals surface area contributed by atoms with Crippen LogP contribution in [0.5, 0.6) is 0 Å². The third kappa shape index (κ3) is 2.74. The van der Waals surface area contributed by atoms with Crippen LogP contribution >= 0.6 is 15.9 Å². The highest BCUT2D eigenvalue weighted by Gasteiger charge is 2.23. The van der Waals surface area contributed by atoms with E-state index in [9.17, 15) is 0 Å². The van der Waals surface area contributed by atoms with Gasteiger partial charge in [-0.1, -0.05) is 36.2 Å². The van der Waals surface area contributed by atoms with Crippen LogP contribution in [0.3, 0.4) is 0 Å². The predicted octanol–water partition coefficient (Wildman–Crippen LogP) is 2.89. The molecule has 1 fully saturated rings. The SMILES string of the molecule is CCC(C)CN1CCCC1CBr. The molecule has 2 atom stereocenters. The first-order valence-electron chi connectivity index (χ1n) is 5.08. The highest BCUT2D eigenvalue weighted by molar-refractivity contribution is 9.09. The number of rotatable bonds is 4. The van der Waals surface area contributed by atoms with Crippen LogP contribution in [0.2, 0.25) is 0 Å². The molecule has 0 aliphatic carbocycles. The first-order chi connectivity index (χ1) is 5.77. The second-order valence-corrected chi connectivity index (χ2v) is 4.61. The van der Waals surface area contributed by atoms with Gasteiger partial charge in [-0.05, 0) is 25.3 Å². The van der Waals surface area contributed by atoms with Gasteiger partial charge in [0.1, 0.15) is 0 Å². The van der Waals surface area contributed by atoms with E-state index in [1.165, 1.54) is 32.4 Å². The highest BCUT2D eigenvalue weighted by atomic mass is 79.9. The van der Waals surface area contributed by atoms with Crippen LogP contribution in [0.1, 0.15) is 33.1 Å². The summed E-state index contributed by atoms with van der Waals surface area (Å²) in [6.07, 6.45) is 4.10. The Bertz CT molecular complexity index is 127. The van der Waals surface area contributed by atoms with Crippen LogP contribution in [-0.2, 0) is 0 Å². The van der Waals surface area contributed by atoms with E-state index in [4.69, 9.17) is 0 Å². The Balaban J connectivity index is 2.30. The minimum atomic E-state index is 0.819. The normalized spacial score (nSPS) is 27.8. The number of alkyl halides is 1. The monoisotopic (exact) mass is 233 g/mol. The van der Waals surface area contributed by atoms with Gasteiger partial charge in [0.15, 0.2) is 0 Å². The second-order valence-electron chi connectivity index (χ2n) is 3.96. The maximum Gasteiger partial charge on any atom is 0.0193 e. The predicted molar refractivity (Wildman–Crippen MR) is 57.8 cm³/mol. The van der Waals surface area contributed by atoms with Crippen molar-refractivity contribution in [2.45, 2.75) is 39.2 Å². The molecule has 72 valence electrons. The van der Waals surface area contributed by atoms with Gasteiger partial charge in [-0.15, -0.1) is 0 Å². The van der Waals surface area contributed by atoms with Gasteiger partial charge in [0, 0.05) is 17.9 Å². The summed E-state index contributed by atoms with van der Waals surface area (Å²) in [4.78, 5) is 2.64. The van der Waals surface area contributed by atoms with Crippen molar-refractivity contribution >= 4 is 15.9 Å². The molecule has 0 spiro atoms. The number of likely N-dealkylation sites (tertiary alicyclic amines) is 1. The molecule has 0 N–H and O–H groups in total. The van der Waals surface area contributed by atoms with Crippen molar-refractivity contribution in [3.63, 3.8) is 0 Å². The van der Waals surface area contributed by atoms with E-state index in [-0.39, 0.29) is 0 Å². The molecule has 0 bridgehead atoms. The van der Waals surface area contributed by atoms with Gasteiger partial charge in [-0.3, -0.25) is 4.90 Å². The van der Waals surface area contributed by atoms with E-state index in [1.54, 1.807) is 0 Å². The van der Waals surface area contributed by atoms with Crippen molar-refractivity contribution in [2.24, 2.45) is 5.92 Å². The fourth-order valence-electron chi connectivity index (χ4n) is 1.84. The van der Waals surface area contributed by atoms with Crippen LogP contribution in [0.25, 0.3) is 0 Å². The summed E-state index contributed by atoms with van der Waals surface area (Å²) < 4.78 is 0. The van der Waals surface area contributed by atoms with Crippen molar-refractivity contribution < 1.29 is 0 Å². The van der Waals surface area contributed by atoms with Gasteiger partial charge in [0.05, 0.1) is 0 Å². The van der Waals surface area contributed by atoms with Crippen molar-refractivity contribution in [1.82, 2.24) is 4.90 Å². The van der Waals surface area contributed by atoms with E-state index >= 15 is 0 Å². The van der Waals surface area contributed by atoms with Gasteiger partial charge in [-0.2, -0.15) is 0 Å². The third-order valence-corrected chi connectivity index (χ3v) is 3.67. The molecular formula is C10H20BrN. The first-order valence-corrected chi connectivity index (χ1v) is 6.20. The molecule has 0 radical (unpaired) electrons. The molecule has 1 saturated heterocycles. The zero-order chi connectivity index (χ0) is 8.97. The molecule has 0 aromatic carbocycles. The molecular weight excluding hydrogens is 214 g/mol. The van der Waals surface area contributed by atoms with Gasteiger partial charge < -0.3 is 0 Å². The standard InChI is InChI=1S/C10H20BrN/c1-3-9(2)8-12-6-4-5-10(12)7-11/h9-10H,3-8H2,1-2H3. The van der Waals surface area contributed by atoms with Gasteiger partial charge >= 0.3 is 0 Å². The van der Waals surface area contributed by atoms with Crippen molar-refractivity contribution in [2.75, 3.05) is 18.4 Å². The van der Waals surface area contributed by atoms with Gasteiger partial charge in [-0.25, -0.2) is 0 Å². The maximum atomic E-state index is 3.59. The lowest BCUT2D eigenvalue weighted by Crippen LogP contribution is -2.34. The Kier molecular flexibility index (Phi) is 4.59. The summed E-state index contributed by atoms with van der Waals surface area (Å²) >= 11 is 3.59. The second kappa shape index (κ2) is 5.23. The first kappa shape index (κ1) is 10.5. The summed E-state index contributed by atoms with van der Waals surface area (Å²) in [7, 11) is 0. The fraction of sp³-hybridized carbons (Fsp3) is 1.00. The molecule has 1 aliphatic heterocycles.